The summed E-state index contributed by atoms with van der Waals surface area (Å²) >= 11 is 0. The standard InChI is InChI=1S/C31H38N2O3/c34-30(35)28-14-8-7-13-27(28)25-17-15-24(16-18-25)21-33-29(26-11-5-2-6-12-26)22-32(31(33)36)20-19-23-9-3-1-4-10-23/h7-8,13-18,22-23,26H,1-6,9-12,19-21H2,(H,34,35). The average molecular weight is 487 g/mol. The molecule has 0 amide bonds. The highest BCUT2D eigenvalue weighted by molar-refractivity contribution is 5.95. The molecule has 1 aromatic heterocycles. The van der Waals surface area contributed by atoms with Crippen LogP contribution in [0.3, 0.4) is 0 Å². The van der Waals surface area contributed by atoms with E-state index in [1.165, 1.54) is 57.1 Å². The number of aryl methyl sites for hydroxylation is 1. The molecule has 190 valence electrons. The van der Waals surface area contributed by atoms with E-state index in [-0.39, 0.29) is 5.69 Å². The zero-order valence-corrected chi connectivity index (χ0v) is 21.2. The molecule has 5 heteroatoms. The number of nitrogens with zero attached hydrogens (tertiary/aromatic N) is 2. The van der Waals surface area contributed by atoms with Crippen molar-refractivity contribution in [1.29, 1.82) is 0 Å². The number of carboxylic acid groups (broad SMARTS) is 1. The number of benzene rings is 2. The lowest BCUT2D eigenvalue weighted by Gasteiger charge is -2.22. The van der Waals surface area contributed by atoms with Gasteiger partial charge in [0.2, 0.25) is 0 Å². The van der Waals surface area contributed by atoms with E-state index in [2.05, 4.69) is 6.20 Å². The summed E-state index contributed by atoms with van der Waals surface area (Å²) in [5.74, 6) is 0.297. The molecule has 1 N–H and O–H groups in total. The van der Waals surface area contributed by atoms with Crippen molar-refractivity contribution in [3.63, 3.8) is 0 Å². The van der Waals surface area contributed by atoms with Gasteiger partial charge >= 0.3 is 11.7 Å². The molecule has 2 saturated carbocycles. The summed E-state index contributed by atoms with van der Waals surface area (Å²) in [5.41, 5.74) is 4.27. The third-order valence-corrected chi connectivity index (χ3v) is 8.37. The monoisotopic (exact) mass is 486 g/mol. The minimum absolute atomic E-state index is 0.117. The third-order valence-electron chi connectivity index (χ3n) is 8.37. The number of carboxylic acids is 1. The first-order valence-corrected chi connectivity index (χ1v) is 13.8. The van der Waals surface area contributed by atoms with Crippen LogP contribution in [0, 0.1) is 5.92 Å². The molecular weight excluding hydrogens is 448 g/mol. The van der Waals surface area contributed by atoms with Gasteiger partial charge in [-0.05, 0) is 47.9 Å². The van der Waals surface area contributed by atoms with Gasteiger partial charge < -0.3 is 5.11 Å². The third kappa shape index (κ3) is 5.50. The Labute approximate surface area is 213 Å². The Morgan fingerprint density at radius 2 is 1.53 bits per heavy atom. The van der Waals surface area contributed by atoms with Crippen LogP contribution in [0.25, 0.3) is 11.1 Å². The van der Waals surface area contributed by atoms with E-state index in [1.807, 2.05) is 45.5 Å². The van der Waals surface area contributed by atoms with Gasteiger partial charge in [0.05, 0.1) is 12.1 Å². The molecule has 5 nitrogen and oxygen atoms in total. The Bertz CT molecular complexity index is 1230. The summed E-state index contributed by atoms with van der Waals surface area (Å²) < 4.78 is 3.99. The topological polar surface area (TPSA) is 64.2 Å². The Hall–Kier alpha value is -3.08. The molecule has 2 aliphatic carbocycles. The van der Waals surface area contributed by atoms with Crippen LogP contribution in [0.15, 0.2) is 59.5 Å². The number of aromatic carboxylic acids is 1. The second kappa shape index (κ2) is 11.3. The highest BCUT2D eigenvalue weighted by Gasteiger charge is 2.23. The average Bonchev–Trinajstić information content (AvgIpc) is 3.23. The van der Waals surface area contributed by atoms with E-state index in [1.54, 1.807) is 12.1 Å². The highest BCUT2D eigenvalue weighted by atomic mass is 16.4. The molecule has 2 fully saturated rings. The second-order valence-electron chi connectivity index (χ2n) is 10.8. The van der Waals surface area contributed by atoms with Gasteiger partial charge in [0.1, 0.15) is 0 Å². The van der Waals surface area contributed by atoms with Gasteiger partial charge in [0, 0.05) is 24.4 Å². The number of carbonyl (C=O) groups is 1. The van der Waals surface area contributed by atoms with Crippen LogP contribution in [0.5, 0.6) is 0 Å². The summed E-state index contributed by atoms with van der Waals surface area (Å²) in [5, 5.41) is 9.55. The molecule has 36 heavy (non-hydrogen) atoms. The van der Waals surface area contributed by atoms with E-state index in [4.69, 9.17) is 0 Å². The normalized spacial score (nSPS) is 17.3. The van der Waals surface area contributed by atoms with Crippen LogP contribution >= 0.6 is 0 Å². The van der Waals surface area contributed by atoms with Crippen molar-refractivity contribution in [3.05, 3.63) is 82.0 Å². The maximum absolute atomic E-state index is 13.6. The van der Waals surface area contributed by atoms with Crippen molar-refractivity contribution in [3.8, 4) is 11.1 Å². The summed E-state index contributed by atoms with van der Waals surface area (Å²) in [4.78, 5) is 25.2. The fourth-order valence-corrected chi connectivity index (χ4v) is 6.28. The maximum Gasteiger partial charge on any atom is 0.336 e. The van der Waals surface area contributed by atoms with Crippen LogP contribution in [0.2, 0.25) is 0 Å². The molecule has 0 aliphatic heterocycles. The summed E-state index contributed by atoms with van der Waals surface area (Å²) in [6.45, 7) is 1.38. The Morgan fingerprint density at radius 1 is 0.861 bits per heavy atom. The summed E-state index contributed by atoms with van der Waals surface area (Å²) in [7, 11) is 0. The van der Waals surface area contributed by atoms with Gasteiger partial charge in [0.15, 0.2) is 0 Å². The Balaban J connectivity index is 1.39. The number of hydrogen-bond donors (Lipinski definition) is 1. The van der Waals surface area contributed by atoms with E-state index < -0.39 is 5.97 Å². The summed E-state index contributed by atoms with van der Waals surface area (Å²) in [6.07, 6.45) is 16.0. The highest BCUT2D eigenvalue weighted by Crippen LogP contribution is 2.33. The molecular formula is C31H38N2O3. The maximum atomic E-state index is 13.6. The lowest BCUT2D eigenvalue weighted by Crippen LogP contribution is -2.27. The molecule has 1 heterocycles. The predicted molar refractivity (Wildman–Crippen MR) is 144 cm³/mol. The molecule has 0 spiro atoms. The van der Waals surface area contributed by atoms with Crippen LogP contribution < -0.4 is 5.69 Å². The quantitative estimate of drug-likeness (QED) is 0.370. The van der Waals surface area contributed by atoms with Gasteiger partial charge in [-0.1, -0.05) is 93.8 Å². The SMILES string of the molecule is O=C(O)c1ccccc1-c1ccc(Cn2c(C3CCCCC3)cn(CCC3CCCCC3)c2=O)cc1. The van der Waals surface area contributed by atoms with Crippen molar-refractivity contribution in [2.24, 2.45) is 5.92 Å². The molecule has 2 aromatic carbocycles. The molecule has 0 atom stereocenters. The molecule has 5 rings (SSSR count). The minimum atomic E-state index is -0.923. The lowest BCUT2D eigenvalue weighted by atomic mass is 9.87. The zero-order valence-electron chi connectivity index (χ0n) is 21.2. The largest absolute Gasteiger partial charge is 0.478 e. The molecule has 0 radical (unpaired) electrons. The molecule has 2 aliphatic rings. The predicted octanol–water partition coefficient (Wildman–Crippen LogP) is 7.08. The van der Waals surface area contributed by atoms with Crippen LogP contribution in [-0.2, 0) is 13.1 Å². The number of hydrogen-bond acceptors (Lipinski definition) is 2. The van der Waals surface area contributed by atoms with Crippen molar-refractivity contribution in [1.82, 2.24) is 9.13 Å². The van der Waals surface area contributed by atoms with Crippen molar-refractivity contribution < 1.29 is 9.90 Å². The fourth-order valence-electron chi connectivity index (χ4n) is 6.28. The molecule has 0 unspecified atom stereocenters. The van der Waals surface area contributed by atoms with Gasteiger partial charge in [-0.25, -0.2) is 9.59 Å². The Kier molecular flexibility index (Phi) is 7.74. The van der Waals surface area contributed by atoms with Gasteiger partial charge in [-0.2, -0.15) is 0 Å². The lowest BCUT2D eigenvalue weighted by molar-refractivity contribution is 0.0697. The van der Waals surface area contributed by atoms with Gasteiger partial charge in [-0.15, -0.1) is 0 Å². The Morgan fingerprint density at radius 3 is 2.22 bits per heavy atom. The number of imidazole rings is 1. The van der Waals surface area contributed by atoms with Gasteiger partial charge in [-0.3, -0.25) is 9.13 Å². The van der Waals surface area contributed by atoms with E-state index >= 15 is 0 Å². The zero-order chi connectivity index (χ0) is 24.9. The van der Waals surface area contributed by atoms with E-state index in [0.717, 1.165) is 42.9 Å². The van der Waals surface area contributed by atoms with E-state index in [0.29, 0.717) is 23.6 Å². The van der Waals surface area contributed by atoms with Crippen LogP contribution in [0.1, 0.15) is 98.2 Å². The minimum Gasteiger partial charge on any atom is -0.478 e. The molecule has 0 bridgehead atoms. The first-order valence-electron chi connectivity index (χ1n) is 13.8. The number of rotatable bonds is 8. The van der Waals surface area contributed by atoms with E-state index in [9.17, 15) is 14.7 Å². The first kappa shape index (κ1) is 24.6. The smallest absolute Gasteiger partial charge is 0.336 e. The number of aromatic nitrogens is 2. The van der Waals surface area contributed by atoms with Crippen molar-refractivity contribution in [2.75, 3.05) is 0 Å². The van der Waals surface area contributed by atoms with Gasteiger partial charge in [0.25, 0.3) is 0 Å². The first-order chi connectivity index (χ1) is 17.6. The fraction of sp³-hybridized carbons (Fsp3) is 0.484. The molecule has 3 aromatic rings. The molecule has 0 saturated heterocycles. The summed E-state index contributed by atoms with van der Waals surface area (Å²) in [6, 6.07) is 15.1. The van der Waals surface area contributed by atoms with Crippen molar-refractivity contribution >= 4 is 5.97 Å². The van der Waals surface area contributed by atoms with Crippen LogP contribution in [-0.4, -0.2) is 20.2 Å². The van der Waals surface area contributed by atoms with Crippen LogP contribution in [0.4, 0.5) is 0 Å². The van der Waals surface area contributed by atoms with Crippen molar-refractivity contribution in [2.45, 2.75) is 89.6 Å². The second-order valence-corrected chi connectivity index (χ2v) is 10.8.